The molecule has 0 saturated carbocycles. The molecular formula is C21H25BrN2O2. The summed E-state index contributed by atoms with van der Waals surface area (Å²) in [5.74, 6) is 0.323. The number of carbonyl (C=O) groups is 1. The lowest BCUT2D eigenvalue weighted by molar-refractivity contribution is -0.123. The van der Waals surface area contributed by atoms with E-state index in [0.29, 0.717) is 5.75 Å². The molecule has 0 saturated heterocycles. The maximum Gasteiger partial charge on any atom is 0.277 e. The summed E-state index contributed by atoms with van der Waals surface area (Å²) in [4.78, 5) is 11.9. The smallest absolute Gasteiger partial charge is 0.277 e. The number of benzene rings is 2. The first-order chi connectivity index (χ1) is 12.2. The summed E-state index contributed by atoms with van der Waals surface area (Å²) in [5, 5.41) is 4.00. The third-order valence-electron chi connectivity index (χ3n) is 3.97. The standard InChI is InChI=1S/C21H25BrN2O2/c1-14-6-7-16(15(2)10-14)12-23-24-20(25)13-26-19-9-8-17(11-18(19)22)21(3,4)5/h6-12H,13H2,1-5H3,(H,24,25)/b23-12+. The van der Waals surface area contributed by atoms with Gasteiger partial charge in [0.1, 0.15) is 5.75 Å². The van der Waals surface area contributed by atoms with Crippen LogP contribution < -0.4 is 10.2 Å². The number of amides is 1. The lowest BCUT2D eigenvalue weighted by atomic mass is 9.87. The minimum Gasteiger partial charge on any atom is -0.483 e. The van der Waals surface area contributed by atoms with Crippen LogP contribution >= 0.6 is 15.9 Å². The molecule has 138 valence electrons. The van der Waals surface area contributed by atoms with E-state index >= 15 is 0 Å². The van der Waals surface area contributed by atoms with Gasteiger partial charge in [0.05, 0.1) is 10.7 Å². The van der Waals surface area contributed by atoms with Gasteiger partial charge in [-0.3, -0.25) is 4.79 Å². The Hall–Kier alpha value is -2.14. The molecule has 0 aliphatic carbocycles. The number of nitrogens with zero attached hydrogens (tertiary/aromatic N) is 1. The van der Waals surface area contributed by atoms with Crippen LogP contribution in [0.3, 0.4) is 0 Å². The molecule has 2 aromatic rings. The number of aryl methyl sites for hydroxylation is 2. The van der Waals surface area contributed by atoms with Crippen molar-refractivity contribution in [1.82, 2.24) is 5.43 Å². The largest absolute Gasteiger partial charge is 0.483 e. The van der Waals surface area contributed by atoms with Gasteiger partial charge in [-0.05, 0) is 64.0 Å². The van der Waals surface area contributed by atoms with Crippen LogP contribution in [0.25, 0.3) is 0 Å². The van der Waals surface area contributed by atoms with Crippen LogP contribution in [0.5, 0.6) is 5.75 Å². The Kier molecular flexibility index (Phi) is 6.59. The van der Waals surface area contributed by atoms with E-state index in [1.807, 2.05) is 44.2 Å². The zero-order valence-corrected chi connectivity index (χ0v) is 17.5. The maximum atomic E-state index is 11.9. The highest BCUT2D eigenvalue weighted by Gasteiger charge is 2.15. The molecule has 1 N–H and O–H groups in total. The summed E-state index contributed by atoms with van der Waals surface area (Å²) in [6, 6.07) is 12.0. The van der Waals surface area contributed by atoms with Crippen molar-refractivity contribution in [2.75, 3.05) is 6.61 Å². The molecule has 0 radical (unpaired) electrons. The second-order valence-electron chi connectivity index (χ2n) is 7.34. The van der Waals surface area contributed by atoms with Gasteiger partial charge in [0.2, 0.25) is 0 Å². The zero-order valence-electron chi connectivity index (χ0n) is 15.9. The van der Waals surface area contributed by atoms with Gasteiger partial charge >= 0.3 is 0 Å². The fourth-order valence-electron chi connectivity index (χ4n) is 2.40. The van der Waals surface area contributed by atoms with E-state index in [0.717, 1.165) is 15.6 Å². The van der Waals surface area contributed by atoms with Crippen molar-refractivity contribution >= 4 is 28.1 Å². The molecule has 0 unspecified atom stereocenters. The SMILES string of the molecule is Cc1ccc(/C=N/NC(=O)COc2ccc(C(C)(C)C)cc2Br)c(C)c1. The second-order valence-corrected chi connectivity index (χ2v) is 8.19. The van der Waals surface area contributed by atoms with Crippen LogP contribution in [-0.4, -0.2) is 18.7 Å². The molecular weight excluding hydrogens is 392 g/mol. The van der Waals surface area contributed by atoms with Gasteiger partial charge < -0.3 is 4.74 Å². The normalized spacial score (nSPS) is 11.6. The van der Waals surface area contributed by atoms with Crippen molar-refractivity contribution < 1.29 is 9.53 Å². The average molecular weight is 417 g/mol. The van der Waals surface area contributed by atoms with Crippen molar-refractivity contribution in [1.29, 1.82) is 0 Å². The van der Waals surface area contributed by atoms with Crippen LogP contribution in [0.4, 0.5) is 0 Å². The van der Waals surface area contributed by atoms with E-state index in [2.05, 4.69) is 53.3 Å². The summed E-state index contributed by atoms with van der Waals surface area (Å²) in [6.45, 7) is 10.4. The van der Waals surface area contributed by atoms with Gasteiger partial charge in [-0.1, -0.05) is 50.6 Å². The van der Waals surface area contributed by atoms with E-state index < -0.39 is 0 Å². The molecule has 0 atom stereocenters. The van der Waals surface area contributed by atoms with Gasteiger partial charge in [-0.15, -0.1) is 0 Å². The third kappa shape index (κ3) is 5.70. The number of hydrogen-bond acceptors (Lipinski definition) is 3. The monoisotopic (exact) mass is 416 g/mol. The maximum absolute atomic E-state index is 11.9. The molecule has 0 aliphatic rings. The molecule has 2 aromatic carbocycles. The molecule has 0 heterocycles. The average Bonchev–Trinajstić information content (AvgIpc) is 2.55. The minimum atomic E-state index is -0.308. The molecule has 0 spiro atoms. The first kappa shape index (κ1) is 20.2. The topological polar surface area (TPSA) is 50.7 Å². The number of carbonyl (C=O) groups excluding carboxylic acids is 1. The fourth-order valence-corrected chi connectivity index (χ4v) is 2.90. The number of rotatable bonds is 5. The van der Waals surface area contributed by atoms with E-state index in [1.54, 1.807) is 6.21 Å². The van der Waals surface area contributed by atoms with Gasteiger partial charge in [0.25, 0.3) is 5.91 Å². The predicted octanol–water partition coefficient (Wildman–Crippen LogP) is 4.89. The summed E-state index contributed by atoms with van der Waals surface area (Å²) in [6.07, 6.45) is 1.64. The molecule has 0 fully saturated rings. The van der Waals surface area contributed by atoms with Crippen molar-refractivity contribution in [3.63, 3.8) is 0 Å². The second kappa shape index (κ2) is 8.49. The van der Waals surface area contributed by atoms with E-state index in [-0.39, 0.29) is 17.9 Å². The van der Waals surface area contributed by atoms with Gasteiger partial charge in [-0.2, -0.15) is 5.10 Å². The lowest BCUT2D eigenvalue weighted by Crippen LogP contribution is -2.24. The number of ether oxygens (including phenoxy) is 1. The molecule has 2 rings (SSSR count). The van der Waals surface area contributed by atoms with Gasteiger partial charge in [0, 0.05) is 0 Å². The summed E-state index contributed by atoms with van der Waals surface area (Å²) >= 11 is 3.50. The van der Waals surface area contributed by atoms with Crippen LogP contribution in [0.2, 0.25) is 0 Å². The summed E-state index contributed by atoms with van der Waals surface area (Å²) < 4.78 is 6.41. The Morgan fingerprint density at radius 3 is 2.54 bits per heavy atom. The van der Waals surface area contributed by atoms with Crippen LogP contribution in [0, 0.1) is 13.8 Å². The molecule has 0 aliphatic heterocycles. The molecule has 0 bridgehead atoms. The minimum absolute atomic E-state index is 0.0568. The number of hydrazone groups is 1. The van der Waals surface area contributed by atoms with E-state index in [9.17, 15) is 4.79 Å². The molecule has 4 nitrogen and oxygen atoms in total. The van der Waals surface area contributed by atoms with Crippen LogP contribution in [0.15, 0.2) is 46.0 Å². The number of halogens is 1. The van der Waals surface area contributed by atoms with Gasteiger partial charge in [-0.25, -0.2) is 5.43 Å². The predicted molar refractivity (Wildman–Crippen MR) is 110 cm³/mol. The number of hydrogen-bond donors (Lipinski definition) is 1. The quantitative estimate of drug-likeness (QED) is 0.556. The van der Waals surface area contributed by atoms with Crippen molar-refractivity contribution in [3.8, 4) is 5.75 Å². The molecule has 5 heteroatoms. The van der Waals surface area contributed by atoms with Crippen molar-refractivity contribution in [3.05, 3.63) is 63.1 Å². The highest BCUT2D eigenvalue weighted by Crippen LogP contribution is 2.31. The Labute approximate surface area is 163 Å². The Balaban J connectivity index is 1.90. The first-order valence-electron chi connectivity index (χ1n) is 8.49. The van der Waals surface area contributed by atoms with Crippen molar-refractivity contribution in [2.24, 2.45) is 5.10 Å². The molecule has 1 amide bonds. The number of nitrogens with one attached hydrogen (secondary N) is 1. The molecule has 26 heavy (non-hydrogen) atoms. The Morgan fingerprint density at radius 2 is 1.92 bits per heavy atom. The van der Waals surface area contributed by atoms with E-state index in [1.165, 1.54) is 11.1 Å². The zero-order chi connectivity index (χ0) is 19.3. The Morgan fingerprint density at radius 1 is 1.19 bits per heavy atom. The highest BCUT2D eigenvalue weighted by molar-refractivity contribution is 9.10. The first-order valence-corrected chi connectivity index (χ1v) is 9.28. The van der Waals surface area contributed by atoms with Crippen LogP contribution in [0.1, 0.15) is 43.0 Å². The lowest BCUT2D eigenvalue weighted by Gasteiger charge is -2.20. The van der Waals surface area contributed by atoms with Gasteiger partial charge in [0.15, 0.2) is 6.61 Å². The fraction of sp³-hybridized carbons (Fsp3) is 0.333. The van der Waals surface area contributed by atoms with Crippen molar-refractivity contribution in [2.45, 2.75) is 40.0 Å². The summed E-state index contributed by atoms with van der Waals surface area (Å²) in [7, 11) is 0. The highest BCUT2D eigenvalue weighted by atomic mass is 79.9. The molecule has 0 aromatic heterocycles. The Bertz CT molecular complexity index is 823. The summed E-state index contributed by atoms with van der Waals surface area (Å²) in [5.41, 5.74) is 7.02. The van der Waals surface area contributed by atoms with Crippen LogP contribution in [-0.2, 0) is 10.2 Å². The van der Waals surface area contributed by atoms with E-state index in [4.69, 9.17) is 4.74 Å². The third-order valence-corrected chi connectivity index (χ3v) is 4.59.